The van der Waals surface area contributed by atoms with Crippen LogP contribution in [0, 0.1) is 0 Å². The third kappa shape index (κ3) is 16.2. The summed E-state index contributed by atoms with van der Waals surface area (Å²) in [6, 6.07) is -1.74. The van der Waals surface area contributed by atoms with Crippen LogP contribution in [0.4, 0.5) is 0 Å². The van der Waals surface area contributed by atoms with Crippen molar-refractivity contribution in [2.45, 2.75) is 64.5 Å². The fourth-order valence-electron chi connectivity index (χ4n) is 2.21. The Hall–Kier alpha value is -1.11. The standard InChI is InChI=1S/C19H32N2O7S2.BrH/c1-4-6-13(22)11-29-30-12-15(16(23)8-10-18(25)27-3)21-17(24)9-7-14(20)19(26)28-5-2;/h14-15H,4-12,20H2,1-3H3,(H,21,24);1H/p-1/t14-,15-;/m0./s1. The molecule has 0 aromatic carbocycles. The first-order chi connectivity index (χ1) is 14.2. The van der Waals surface area contributed by atoms with E-state index in [1.54, 1.807) is 6.92 Å². The number of amides is 1. The van der Waals surface area contributed by atoms with E-state index in [2.05, 4.69) is 10.1 Å². The number of rotatable bonds is 17. The van der Waals surface area contributed by atoms with E-state index in [9.17, 15) is 24.0 Å². The molecule has 2 atom stereocenters. The van der Waals surface area contributed by atoms with Gasteiger partial charge in [-0.3, -0.25) is 24.0 Å². The smallest absolute Gasteiger partial charge is 0.322 e. The van der Waals surface area contributed by atoms with E-state index in [-0.39, 0.29) is 66.6 Å². The molecule has 0 heterocycles. The topological polar surface area (TPSA) is 142 Å². The maximum Gasteiger partial charge on any atom is 0.322 e. The molecule has 0 fully saturated rings. The lowest BCUT2D eigenvalue weighted by atomic mass is 10.1. The molecule has 180 valence electrons. The molecule has 3 N–H and O–H groups in total. The number of hydrogen-bond donors (Lipinski definition) is 2. The maximum atomic E-state index is 12.5. The predicted octanol–water partition coefficient (Wildman–Crippen LogP) is -1.58. The third-order valence-corrected chi connectivity index (χ3v) is 6.20. The lowest BCUT2D eigenvalue weighted by Gasteiger charge is -2.18. The SMILES string of the molecule is CCCC(=O)CSSC[C@H](NC(=O)CC[C@H](N)C(=O)OCC)C(=O)CCC(=O)OC.[Br-]. The van der Waals surface area contributed by atoms with Crippen LogP contribution < -0.4 is 28.0 Å². The molecule has 0 unspecified atom stereocenters. The van der Waals surface area contributed by atoms with Crippen LogP contribution in [0.15, 0.2) is 0 Å². The summed E-state index contributed by atoms with van der Waals surface area (Å²) in [6.07, 6.45) is 1.17. The molecule has 0 aromatic heterocycles. The van der Waals surface area contributed by atoms with Crippen LogP contribution in [0.1, 0.15) is 52.4 Å². The van der Waals surface area contributed by atoms with Crippen molar-refractivity contribution in [1.82, 2.24) is 5.32 Å². The number of Topliss-reactive ketones (excluding diaryl/α,β-unsaturated/α-hetero) is 2. The van der Waals surface area contributed by atoms with Crippen LogP contribution in [0.25, 0.3) is 0 Å². The second-order valence-corrected chi connectivity index (χ2v) is 8.90. The van der Waals surface area contributed by atoms with Crippen LogP contribution in [0.3, 0.4) is 0 Å². The molecule has 9 nitrogen and oxygen atoms in total. The molecule has 0 aliphatic heterocycles. The molecule has 0 saturated carbocycles. The minimum atomic E-state index is -0.918. The van der Waals surface area contributed by atoms with E-state index in [0.29, 0.717) is 12.2 Å². The van der Waals surface area contributed by atoms with E-state index >= 15 is 0 Å². The van der Waals surface area contributed by atoms with Crippen molar-refractivity contribution in [2.75, 3.05) is 25.2 Å². The van der Waals surface area contributed by atoms with Gasteiger partial charge in [-0.2, -0.15) is 0 Å². The lowest BCUT2D eigenvalue weighted by molar-refractivity contribution is -0.145. The predicted molar refractivity (Wildman–Crippen MR) is 117 cm³/mol. The molecule has 0 spiro atoms. The van der Waals surface area contributed by atoms with Crippen molar-refractivity contribution >= 4 is 51.0 Å². The average molecular weight is 545 g/mol. The number of methoxy groups -OCH3 is 1. The summed E-state index contributed by atoms with van der Waals surface area (Å²) in [7, 11) is 3.86. The first-order valence-electron chi connectivity index (χ1n) is 9.82. The van der Waals surface area contributed by atoms with Gasteiger partial charge in [-0.05, 0) is 19.8 Å². The van der Waals surface area contributed by atoms with Crippen LogP contribution >= 0.6 is 21.6 Å². The van der Waals surface area contributed by atoms with E-state index in [1.807, 2.05) is 6.92 Å². The van der Waals surface area contributed by atoms with E-state index in [0.717, 1.165) is 6.42 Å². The Morgan fingerprint density at radius 3 is 2.26 bits per heavy atom. The lowest BCUT2D eigenvalue weighted by Crippen LogP contribution is -3.00. The molecule has 1 amide bonds. The number of nitrogens with two attached hydrogens (primary N) is 1. The summed E-state index contributed by atoms with van der Waals surface area (Å²) in [5.41, 5.74) is 5.68. The van der Waals surface area contributed by atoms with Gasteiger partial charge in [-0.15, -0.1) is 0 Å². The molecule has 0 rings (SSSR count). The van der Waals surface area contributed by atoms with Crippen molar-refractivity contribution in [3.05, 3.63) is 0 Å². The number of esters is 2. The summed E-state index contributed by atoms with van der Waals surface area (Å²) in [5.74, 6) is -1.14. The number of ketones is 2. The van der Waals surface area contributed by atoms with Crippen LogP contribution in [0.2, 0.25) is 0 Å². The number of carbonyl (C=O) groups is 5. The van der Waals surface area contributed by atoms with Gasteiger partial charge in [0.15, 0.2) is 5.78 Å². The Morgan fingerprint density at radius 1 is 1.00 bits per heavy atom. The number of nitrogens with one attached hydrogen (secondary N) is 1. The Labute approximate surface area is 201 Å². The number of ether oxygens (including phenoxy) is 2. The zero-order valence-electron chi connectivity index (χ0n) is 18.1. The van der Waals surface area contributed by atoms with Crippen LogP contribution in [0.5, 0.6) is 0 Å². The highest BCUT2D eigenvalue weighted by molar-refractivity contribution is 8.76. The molecule has 0 aliphatic rings. The van der Waals surface area contributed by atoms with Crippen molar-refractivity contribution < 1.29 is 50.4 Å². The van der Waals surface area contributed by atoms with Crippen molar-refractivity contribution in [1.29, 1.82) is 0 Å². The van der Waals surface area contributed by atoms with Crippen molar-refractivity contribution in [3.63, 3.8) is 0 Å². The number of halogens is 1. The Kier molecular flexibility index (Phi) is 20.2. The number of hydrogen-bond acceptors (Lipinski definition) is 10. The largest absolute Gasteiger partial charge is 1.00 e. The molecule has 31 heavy (non-hydrogen) atoms. The zero-order valence-corrected chi connectivity index (χ0v) is 21.4. The van der Waals surface area contributed by atoms with Gasteiger partial charge in [0.2, 0.25) is 5.91 Å². The van der Waals surface area contributed by atoms with Gasteiger partial charge in [-0.25, -0.2) is 0 Å². The minimum Gasteiger partial charge on any atom is -1.00 e. The van der Waals surface area contributed by atoms with Gasteiger partial charge in [0, 0.05) is 25.0 Å². The summed E-state index contributed by atoms with van der Waals surface area (Å²) < 4.78 is 9.33. The fourth-order valence-corrected chi connectivity index (χ4v) is 4.41. The van der Waals surface area contributed by atoms with E-state index in [1.165, 1.54) is 28.7 Å². The van der Waals surface area contributed by atoms with Crippen molar-refractivity contribution in [3.8, 4) is 0 Å². The fraction of sp³-hybridized carbons (Fsp3) is 0.737. The van der Waals surface area contributed by atoms with Gasteiger partial charge in [0.25, 0.3) is 0 Å². The van der Waals surface area contributed by atoms with Crippen LogP contribution in [-0.4, -0.2) is 66.7 Å². The molecular weight excluding hydrogens is 512 g/mol. The molecular formula is C19H32BrN2O7S2-. The number of carbonyl (C=O) groups excluding carboxylic acids is 5. The molecule has 0 aliphatic carbocycles. The molecule has 0 radical (unpaired) electrons. The van der Waals surface area contributed by atoms with Gasteiger partial charge < -0.3 is 37.5 Å². The first kappa shape index (κ1) is 32.1. The summed E-state index contributed by atoms with van der Waals surface area (Å²) >= 11 is 0. The van der Waals surface area contributed by atoms with Gasteiger partial charge in [0.1, 0.15) is 11.8 Å². The Morgan fingerprint density at radius 2 is 1.68 bits per heavy atom. The molecule has 0 aromatic rings. The molecule has 0 saturated heterocycles. The molecule has 12 heteroatoms. The third-order valence-electron chi connectivity index (χ3n) is 3.87. The second-order valence-electron chi connectivity index (χ2n) is 6.40. The van der Waals surface area contributed by atoms with E-state index in [4.69, 9.17) is 10.5 Å². The monoisotopic (exact) mass is 543 g/mol. The maximum absolute atomic E-state index is 12.5. The highest BCUT2D eigenvalue weighted by Gasteiger charge is 2.23. The van der Waals surface area contributed by atoms with Gasteiger partial charge in [0.05, 0.1) is 31.9 Å². The molecule has 0 bridgehead atoms. The Balaban J connectivity index is 0. The van der Waals surface area contributed by atoms with Gasteiger partial charge in [-0.1, -0.05) is 28.5 Å². The highest BCUT2D eigenvalue weighted by atomic mass is 79.9. The van der Waals surface area contributed by atoms with E-state index < -0.39 is 29.9 Å². The zero-order chi connectivity index (χ0) is 22.9. The Bertz CT molecular complexity index is 594. The summed E-state index contributed by atoms with van der Waals surface area (Å²) in [6.45, 7) is 3.79. The highest BCUT2D eigenvalue weighted by Crippen LogP contribution is 2.23. The quantitative estimate of drug-likeness (QED) is 0.125. The summed E-state index contributed by atoms with van der Waals surface area (Å²) in [5, 5.41) is 2.63. The average Bonchev–Trinajstić information content (AvgIpc) is 2.72. The first-order valence-corrected chi connectivity index (χ1v) is 12.3. The van der Waals surface area contributed by atoms with Crippen LogP contribution in [-0.2, 0) is 33.4 Å². The normalized spacial score (nSPS) is 12.1. The summed E-state index contributed by atoms with van der Waals surface area (Å²) in [4.78, 5) is 59.1. The van der Waals surface area contributed by atoms with Crippen molar-refractivity contribution in [2.24, 2.45) is 5.73 Å². The van der Waals surface area contributed by atoms with Gasteiger partial charge >= 0.3 is 11.9 Å². The second kappa shape index (κ2) is 19.6. The minimum absolute atomic E-state index is 0.